The number of nitrogens with one attached hydrogen (secondary N) is 1. The number of amides is 1. The largest absolute Gasteiger partial charge is 0.353 e. The fourth-order valence-electron chi connectivity index (χ4n) is 3.20. The Morgan fingerprint density at radius 1 is 1.23 bits per heavy atom. The van der Waals surface area contributed by atoms with Crippen LogP contribution in [-0.2, 0) is 11.2 Å². The van der Waals surface area contributed by atoms with Crippen LogP contribution in [0.5, 0.6) is 0 Å². The van der Waals surface area contributed by atoms with Crippen LogP contribution in [0, 0.1) is 0 Å². The number of piperidine rings is 1. The maximum Gasteiger partial charge on any atom is 0.224 e. The highest BCUT2D eigenvalue weighted by Gasteiger charge is 2.23. The van der Waals surface area contributed by atoms with E-state index in [1.807, 2.05) is 36.4 Å². The van der Waals surface area contributed by atoms with Gasteiger partial charge in [-0.2, -0.15) is 0 Å². The minimum Gasteiger partial charge on any atom is -0.353 e. The first-order chi connectivity index (χ1) is 12.7. The molecule has 0 aliphatic carbocycles. The van der Waals surface area contributed by atoms with Crippen molar-refractivity contribution in [2.24, 2.45) is 0 Å². The lowest BCUT2D eigenvalue weighted by Gasteiger charge is -2.32. The number of aromatic nitrogens is 2. The molecule has 4 rings (SSSR count). The molecule has 3 heterocycles. The molecule has 0 unspecified atom stereocenters. The molecule has 1 aromatic carbocycles. The van der Waals surface area contributed by atoms with Crippen LogP contribution < -0.4 is 10.2 Å². The fraction of sp³-hybridized carbons (Fsp3) is 0.316. The summed E-state index contributed by atoms with van der Waals surface area (Å²) in [5.74, 6) is 0.0285. The third-order valence-electron chi connectivity index (χ3n) is 4.59. The molecule has 0 spiro atoms. The fourth-order valence-corrected chi connectivity index (χ4v) is 4.37. The summed E-state index contributed by atoms with van der Waals surface area (Å²) in [6.07, 6.45) is 3.95. The first-order valence-corrected chi connectivity index (χ1v) is 9.88. The van der Waals surface area contributed by atoms with Gasteiger partial charge in [-0.1, -0.05) is 41.1 Å². The number of carbonyl (C=O) groups excluding carboxylic acids is 1. The Morgan fingerprint density at radius 3 is 2.81 bits per heavy atom. The van der Waals surface area contributed by atoms with Gasteiger partial charge < -0.3 is 10.2 Å². The Kier molecular flexibility index (Phi) is 5.04. The van der Waals surface area contributed by atoms with Crippen molar-refractivity contribution in [3.8, 4) is 0 Å². The number of fused-ring (bicyclic) bond motifs is 1. The van der Waals surface area contributed by atoms with Crippen molar-refractivity contribution in [3.63, 3.8) is 0 Å². The van der Waals surface area contributed by atoms with Crippen molar-refractivity contribution < 1.29 is 4.79 Å². The predicted octanol–water partition coefficient (Wildman–Crippen LogP) is 3.67. The van der Waals surface area contributed by atoms with Crippen LogP contribution in [0.4, 0.5) is 5.13 Å². The summed E-state index contributed by atoms with van der Waals surface area (Å²) in [7, 11) is 0. The molecule has 0 radical (unpaired) electrons. The lowest BCUT2D eigenvalue weighted by molar-refractivity contribution is -0.121. The second-order valence-corrected chi connectivity index (χ2v) is 7.78. The topological polar surface area (TPSA) is 58.1 Å². The molecule has 26 heavy (non-hydrogen) atoms. The normalized spacial score (nSPS) is 15.3. The van der Waals surface area contributed by atoms with Crippen LogP contribution in [-0.4, -0.2) is 35.0 Å². The van der Waals surface area contributed by atoms with Gasteiger partial charge in [0.05, 0.1) is 6.42 Å². The van der Waals surface area contributed by atoms with Crippen molar-refractivity contribution in [2.75, 3.05) is 18.0 Å². The average Bonchev–Trinajstić information content (AvgIpc) is 3.08. The highest BCUT2D eigenvalue weighted by Crippen LogP contribution is 2.29. The van der Waals surface area contributed by atoms with Gasteiger partial charge in [-0.05, 0) is 36.6 Å². The molecule has 134 valence electrons. The highest BCUT2D eigenvalue weighted by atomic mass is 35.5. The van der Waals surface area contributed by atoms with Gasteiger partial charge in [0.25, 0.3) is 0 Å². The molecule has 0 atom stereocenters. The number of pyridine rings is 1. The minimum absolute atomic E-state index is 0.0285. The molecular weight excluding hydrogens is 368 g/mol. The van der Waals surface area contributed by atoms with Gasteiger partial charge in [-0.15, -0.1) is 0 Å². The van der Waals surface area contributed by atoms with Crippen LogP contribution in [0.2, 0.25) is 5.02 Å². The maximum atomic E-state index is 12.3. The van der Waals surface area contributed by atoms with Crippen molar-refractivity contribution in [1.82, 2.24) is 15.3 Å². The number of thiazole rings is 1. The molecule has 1 aliphatic rings. The Hall–Kier alpha value is -2.18. The molecule has 5 nitrogen and oxygen atoms in total. The average molecular weight is 387 g/mol. The Morgan fingerprint density at radius 2 is 2.04 bits per heavy atom. The summed E-state index contributed by atoms with van der Waals surface area (Å²) in [5, 5.41) is 4.79. The number of nitrogens with zero attached hydrogens (tertiary/aromatic N) is 3. The summed E-state index contributed by atoms with van der Waals surface area (Å²) in [6.45, 7) is 1.77. The number of hydrogen-bond acceptors (Lipinski definition) is 5. The molecule has 1 fully saturated rings. The van der Waals surface area contributed by atoms with Crippen LogP contribution >= 0.6 is 22.9 Å². The zero-order valence-electron chi connectivity index (χ0n) is 14.2. The Bertz CT molecular complexity index is 888. The van der Waals surface area contributed by atoms with E-state index in [9.17, 15) is 4.79 Å². The monoisotopic (exact) mass is 386 g/mol. The molecule has 0 bridgehead atoms. The smallest absolute Gasteiger partial charge is 0.224 e. The van der Waals surface area contributed by atoms with Gasteiger partial charge in [-0.3, -0.25) is 4.79 Å². The van der Waals surface area contributed by atoms with Gasteiger partial charge in [0, 0.05) is 30.4 Å². The zero-order valence-corrected chi connectivity index (χ0v) is 15.8. The van der Waals surface area contributed by atoms with Crippen molar-refractivity contribution in [3.05, 3.63) is 53.2 Å². The van der Waals surface area contributed by atoms with Gasteiger partial charge in [0.1, 0.15) is 10.3 Å². The second-order valence-electron chi connectivity index (χ2n) is 6.42. The summed E-state index contributed by atoms with van der Waals surface area (Å²) in [6, 6.07) is 11.6. The summed E-state index contributed by atoms with van der Waals surface area (Å²) in [5.41, 5.74) is 1.81. The van der Waals surface area contributed by atoms with Crippen LogP contribution in [0.25, 0.3) is 10.3 Å². The van der Waals surface area contributed by atoms with Crippen LogP contribution in [0.1, 0.15) is 18.4 Å². The van der Waals surface area contributed by atoms with E-state index in [2.05, 4.69) is 20.2 Å². The van der Waals surface area contributed by atoms with Gasteiger partial charge >= 0.3 is 0 Å². The van der Waals surface area contributed by atoms with Gasteiger partial charge in [-0.25, -0.2) is 9.97 Å². The predicted molar refractivity (Wildman–Crippen MR) is 106 cm³/mol. The number of carbonyl (C=O) groups is 1. The van der Waals surface area contributed by atoms with Crippen LogP contribution in [0.15, 0.2) is 42.6 Å². The lowest BCUT2D eigenvalue weighted by Crippen LogP contribution is -2.45. The quantitative estimate of drug-likeness (QED) is 0.743. The number of hydrogen-bond donors (Lipinski definition) is 1. The molecule has 1 N–H and O–H groups in total. The first kappa shape index (κ1) is 17.2. The molecular formula is C19H19ClN4OS. The number of benzene rings is 1. The third-order valence-corrected chi connectivity index (χ3v) is 6.00. The molecule has 3 aromatic rings. The van der Waals surface area contributed by atoms with E-state index in [4.69, 9.17) is 11.6 Å². The van der Waals surface area contributed by atoms with Gasteiger partial charge in [0.15, 0.2) is 5.13 Å². The Labute approximate surface area is 161 Å². The first-order valence-electron chi connectivity index (χ1n) is 8.68. The third kappa shape index (κ3) is 3.81. The lowest BCUT2D eigenvalue weighted by atomic mass is 10.0. The van der Waals surface area contributed by atoms with Gasteiger partial charge in [0.2, 0.25) is 5.91 Å². The van der Waals surface area contributed by atoms with E-state index >= 15 is 0 Å². The minimum atomic E-state index is 0.0285. The summed E-state index contributed by atoms with van der Waals surface area (Å²) < 4.78 is 0. The number of halogens is 1. The number of rotatable bonds is 4. The molecule has 2 aromatic heterocycles. The molecule has 1 saturated heterocycles. The van der Waals surface area contributed by atoms with Crippen LogP contribution in [0.3, 0.4) is 0 Å². The maximum absolute atomic E-state index is 12.3. The Balaban J connectivity index is 1.32. The van der Waals surface area contributed by atoms with Crippen molar-refractivity contribution in [2.45, 2.75) is 25.3 Å². The van der Waals surface area contributed by atoms with E-state index < -0.39 is 0 Å². The van der Waals surface area contributed by atoms with Crippen molar-refractivity contribution in [1.29, 1.82) is 0 Å². The molecule has 7 heteroatoms. The van der Waals surface area contributed by atoms with E-state index in [0.717, 1.165) is 47.0 Å². The second kappa shape index (κ2) is 7.60. The number of anilines is 1. The SMILES string of the molecule is O=C(Cc1ccccc1Cl)NC1CCN(c2nc3cccnc3s2)CC1. The zero-order chi connectivity index (χ0) is 17.9. The highest BCUT2D eigenvalue weighted by molar-refractivity contribution is 7.21. The van der Waals surface area contributed by atoms with E-state index in [-0.39, 0.29) is 11.9 Å². The van der Waals surface area contributed by atoms with Crippen molar-refractivity contribution >= 4 is 44.3 Å². The standard InChI is InChI=1S/C19H19ClN4OS/c20-15-5-2-1-4-13(15)12-17(25)22-14-7-10-24(11-8-14)19-23-16-6-3-9-21-18(16)26-19/h1-6,9,14H,7-8,10-12H2,(H,22,25). The molecule has 1 amide bonds. The van der Waals surface area contributed by atoms with E-state index in [0.29, 0.717) is 11.4 Å². The molecule has 0 saturated carbocycles. The van der Waals surface area contributed by atoms with E-state index in [1.54, 1.807) is 17.5 Å². The van der Waals surface area contributed by atoms with E-state index in [1.165, 1.54) is 0 Å². The summed E-state index contributed by atoms with van der Waals surface area (Å²) >= 11 is 7.76. The summed E-state index contributed by atoms with van der Waals surface area (Å²) in [4.78, 5) is 24.6. The molecule has 1 aliphatic heterocycles.